The first kappa shape index (κ1) is 16.1. The second-order valence-electron chi connectivity index (χ2n) is 3.81. The van der Waals surface area contributed by atoms with Gasteiger partial charge in [-0.2, -0.15) is 0 Å². The summed E-state index contributed by atoms with van der Waals surface area (Å²) in [4.78, 5) is 0. The largest absolute Gasteiger partial charge is 0.384 e. The van der Waals surface area contributed by atoms with Crippen LogP contribution < -0.4 is 5.32 Å². The standard InChI is InChI=1S/C9H20N2O3S.ClH/c1-11(9-3-5-10-6-4-9)15(12,13)8-7-14-2;/h9-10H,3-8H2,1-2H3;1H. The molecule has 0 radical (unpaired) electrons. The van der Waals surface area contributed by atoms with Gasteiger partial charge in [-0.15, -0.1) is 12.4 Å². The Balaban J connectivity index is 0.00000225. The van der Waals surface area contributed by atoms with Crippen LogP contribution in [0, 0.1) is 0 Å². The molecule has 5 nitrogen and oxygen atoms in total. The summed E-state index contributed by atoms with van der Waals surface area (Å²) in [6.07, 6.45) is 1.78. The number of hydrogen-bond donors (Lipinski definition) is 1. The fourth-order valence-corrected chi connectivity index (χ4v) is 3.06. The summed E-state index contributed by atoms with van der Waals surface area (Å²) in [6.45, 7) is 2.06. The molecule has 1 N–H and O–H groups in total. The predicted octanol–water partition coefficient (Wildman–Crippen LogP) is 0.0682. The molecule has 1 rings (SSSR count). The summed E-state index contributed by atoms with van der Waals surface area (Å²) in [7, 11) is 0.0401. The van der Waals surface area contributed by atoms with Gasteiger partial charge in [-0.3, -0.25) is 0 Å². The second kappa shape index (κ2) is 7.45. The second-order valence-corrected chi connectivity index (χ2v) is 5.95. The number of ether oxygens (including phenoxy) is 1. The van der Waals surface area contributed by atoms with E-state index in [4.69, 9.17) is 4.74 Å². The quantitative estimate of drug-likeness (QED) is 0.769. The van der Waals surface area contributed by atoms with Crippen molar-refractivity contribution in [3.8, 4) is 0 Å². The van der Waals surface area contributed by atoms with Crippen molar-refractivity contribution in [2.24, 2.45) is 0 Å². The summed E-state index contributed by atoms with van der Waals surface area (Å²) < 4.78 is 29.9. The van der Waals surface area contributed by atoms with E-state index in [9.17, 15) is 8.42 Å². The first-order valence-corrected chi connectivity index (χ1v) is 6.84. The molecule has 16 heavy (non-hydrogen) atoms. The number of nitrogens with one attached hydrogen (secondary N) is 1. The van der Waals surface area contributed by atoms with Gasteiger partial charge >= 0.3 is 0 Å². The van der Waals surface area contributed by atoms with Gasteiger partial charge in [0.05, 0.1) is 12.4 Å². The van der Waals surface area contributed by atoms with Crippen LogP contribution in [0.1, 0.15) is 12.8 Å². The molecular weight excluding hydrogens is 252 g/mol. The van der Waals surface area contributed by atoms with Crippen LogP contribution in [0.3, 0.4) is 0 Å². The Morgan fingerprint density at radius 2 is 1.94 bits per heavy atom. The molecule has 0 bridgehead atoms. The molecule has 1 aliphatic rings. The molecule has 0 spiro atoms. The van der Waals surface area contributed by atoms with Gasteiger partial charge in [0.15, 0.2) is 0 Å². The average Bonchev–Trinajstić information content (AvgIpc) is 2.26. The van der Waals surface area contributed by atoms with Crippen LogP contribution in [-0.2, 0) is 14.8 Å². The molecule has 1 saturated heterocycles. The summed E-state index contributed by atoms with van der Waals surface area (Å²) in [5.41, 5.74) is 0. The molecule has 0 unspecified atom stereocenters. The third-order valence-corrected chi connectivity index (χ3v) is 4.67. The zero-order chi connectivity index (χ0) is 11.3. The Morgan fingerprint density at radius 1 is 1.38 bits per heavy atom. The van der Waals surface area contributed by atoms with Crippen LogP contribution in [0.15, 0.2) is 0 Å². The van der Waals surface area contributed by atoms with E-state index in [0.717, 1.165) is 25.9 Å². The fourth-order valence-electron chi connectivity index (χ4n) is 1.73. The van der Waals surface area contributed by atoms with E-state index in [1.54, 1.807) is 7.05 Å². The summed E-state index contributed by atoms with van der Waals surface area (Å²) in [5.74, 6) is 0.0733. The third kappa shape index (κ3) is 4.55. The zero-order valence-electron chi connectivity index (χ0n) is 9.81. The molecule has 0 saturated carbocycles. The Hall–Kier alpha value is 0.120. The lowest BCUT2D eigenvalue weighted by molar-refractivity contribution is 0.214. The molecule has 0 aromatic rings. The van der Waals surface area contributed by atoms with Crippen LogP contribution in [0.5, 0.6) is 0 Å². The van der Waals surface area contributed by atoms with Crippen molar-refractivity contribution in [3.05, 3.63) is 0 Å². The maximum absolute atomic E-state index is 11.8. The summed E-state index contributed by atoms with van der Waals surface area (Å²) in [6, 6.07) is 0.146. The zero-order valence-corrected chi connectivity index (χ0v) is 11.4. The highest BCUT2D eigenvalue weighted by atomic mass is 35.5. The molecule has 98 valence electrons. The topological polar surface area (TPSA) is 58.6 Å². The van der Waals surface area contributed by atoms with Gasteiger partial charge in [0.1, 0.15) is 0 Å². The molecule has 0 atom stereocenters. The number of hydrogen-bond acceptors (Lipinski definition) is 4. The van der Waals surface area contributed by atoms with E-state index in [0.29, 0.717) is 0 Å². The van der Waals surface area contributed by atoms with E-state index in [2.05, 4.69) is 5.32 Å². The number of halogens is 1. The highest BCUT2D eigenvalue weighted by Gasteiger charge is 2.26. The Bertz CT molecular complexity index is 278. The Labute approximate surface area is 104 Å². The molecule has 0 aliphatic carbocycles. The summed E-state index contributed by atoms with van der Waals surface area (Å²) in [5, 5.41) is 3.22. The number of rotatable bonds is 5. The SMILES string of the molecule is COCCS(=O)(=O)N(C)C1CCNCC1.Cl. The molecular formula is C9H21ClN2O3S. The van der Waals surface area contributed by atoms with E-state index in [1.807, 2.05) is 0 Å². The minimum atomic E-state index is -3.14. The van der Waals surface area contributed by atoms with Crippen molar-refractivity contribution in [2.45, 2.75) is 18.9 Å². The molecule has 1 heterocycles. The number of methoxy groups -OCH3 is 1. The normalized spacial score (nSPS) is 18.4. The van der Waals surface area contributed by atoms with Crippen molar-refractivity contribution in [1.82, 2.24) is 9.62 Å². The van der Waals surface area contributed by atoms with Crippen molar-refractivity contribution >= 4 is 22.4 Å². The predicted molar refractivity (Wildman–Crippen MR) is 66.6 cm³/mol. The lowest BCUT2D eigenvalue weighted by Crippen LogP contribution is -2.45. The number of nitrogens with zero attached hydrogens (tertiary/aromatic N) is 1. The molecule has 0 aromatic carbocycles. The molecule has 0 aromatic heterocycles. The number of piperidine rings is 1. The van der Waals surface area contributed by atoms with E-state index >= 15 is 0 Å². The Morgan fingerprint density at radius 3 is 2.44 bits per heavy atom. The van der Waals surface area contributed by atoms with Gasteiger partial charge < -0.3 is 10.1 Å². The van der Waals surface area contributed by atoms with Gasteiger partial charge in [0, 0.05) is 20.2 Å². The van der Waals surface area contributed by atoms with Crippen LogP contribution >= 0.6 is 12.4 Å². The maximum Gasteiger partial charge on any atom is 0.216 e. The Kier molecular flexibility index (Phi) is 7.50. The molecule has 1 aliphatic heterocycles. The third-order valence-electron chi connectivity index (χ3n) is 2.81. The average molecular weight is 273 g/mol. The van der Waals surface area contributed by atoms with Gasteiger partial charge in [0.25, 0.3) is 0 Å². The van der Waals surface area contributed by atoms with E-state index in [-0.39, 0.29) is 30.8 Å². The number of sulfonamides is 1. The minimum absolute atomic E-state index is 0. The lowest BCUT2D eigenvalue weighted by atomic mass is 10.1. The van der Waals surface area contributed by atoms with Crippen LogP contribution in [0.25, 0.3) is 0 Å². The van der Waals surface area contributed by atoms with Crippen LogP contribution in [0.4, 0.5) is 0 Å². The van der Waals surface area contributed by atoms with E-state index < -0.39 is 10.0 Å². The molecule has 1 fully saturated rings. The van der Waals surface area contributed by atoms with Crippen LogP contribution in [-0.4, -0.2) is 58.4 Å². The van der Waals surface area contributed by atoms with Gasteiger partial charge in [-0.1, -0.05) is 0 Å². The minimum Gasteiger partial charge on any atom is -0.384 e. The van der Waals surface area contributed by atoms with Crippen LogP contribution in [0.2, 0.25) is 0 Å². The fraction of sp³-hybridized carbons (Fsp3) is 1.00. The van der Waals surface area contributed by atoms with Crippen molar-refractivity contribution in [2.75, 3.05) is 39.6 Å². The molecule has 0 amide bonds. The molecule has 7 heteroatoms. The lowest BCUT2D eigenvalue weighted by Gasteiger charge is -2.30. The highest BCUT2D eigenvalue weighted by Crippen LogP contribution is 2.13. The van der Waals surface area contributed by atoms with E-state index in [1.165, 1.54) is 11.4 Å². The van der Waals surface area contributed by atoms with Gasteiger partial charge in [0.2, 0.25) is 10.0 Å². The van der Waals surface area contributed by atoms with Crippen molar-refractivity contribution in [3.63, 3.8) is 0 Å². The highest BCUT2D eigenvalue weighted by molar-refractivity contribution is 7.89. The van der Waals surface area contributed by atoms with Gasteiger partial charge in [-0.05, 0) is 25.9 Å². The summed E-state index contributed by atoms with van der Waals surface area (Å²) >= 11 is 0. The van der Waals surface area contributed by atoms with Crippen molar-refractivity contribution < 1.29 is 13.2 Å². The smallest absolute Gasteiger partial charge is 0.216 e. The van der Waals surface area contributed by atoms with Crippen molar-refractivity contribution in [1.29, 1.82) is 0 Å². The first-order valence-electron chi connectivity index (χ1n) is 5.23. The first-order chi connectivity index (χ1) is 7.08. The van der Waals surface area contributed by atoms with Gasteiger partial charge in [-0.25, -0.2) is 12.7 Å². The maximum atomic E-state index is 11.8. The monoisotopic (exact) mass is 272 g/mol.